The first-order valence-corrected chi connectivity index (χ1v) is 14.0. The molecule has 0 aliphatic rings. The van der Waals surface area contributed by atoms with E-state index in [0.717, 1.165) is 17.2 Å². The number of alkyl halides is 3. The number of aliphatic carboxylic acids is 1. The van der Waals surface area contributed by atoms with E-state index < -0.39 is 17.7 Å². The molecule has 0 amide bonds. The number of nitrogens with zero attached hydrogens (tertiary/aromatic N) is 1. The van der Waals surface area contributed by atoms with Crippen LogP contribution in [0.2, 0.25) is 5.02 Å². The Bertz CT molecular complexity index is 1390. The lowest BCUT2D eigenvalue weighted by Gasteiger charge is -2.29. The van der Waals surface area contributed by atoms with E-state index in [0.29, 0.717) is 43.0 Å². The first-order valence-electron chi connectivity index (χ1n) is 13.6. The quantitative estimate of drug-likeness (QED) is 0.141. The molecule has 0 saturated heterocycles. The number of hydrogen-bond donors (Lipinski definition) is 1. The molecule has 0 bridgehead atoms. The van der Waals surface area contributed by atoms with Crippen molar-refractivity contribution in [2.24, 2.45) is 0 Å². The van der Waals surface area contributed by atoms with Gasteiger partial charge in [0.25, 0.3) is 0 Å². The van der Waals surface area contributed by atoms with Crippen molar-refractivity contribution in [3.8, 4) is 5.75 Å². The van der Waals surface area contributed by atoms with Crippen LogP contribution in [0.5, 0.6) is 5.75 Å². The number of benzene rings is 3. The molecule has 0 radical (unpaired) electrons. The number of allylic oxidation sites excluding steroid dienone is 4. The van der Waals surface area contributed by atoms with Crippen LogP contribution in [-0.2, 0) is 23.9 Å². The molecule has 0 aromatic heterocycles. The molecule has 8 heteroatoms. The summed E-state index contributed by atoms with van der Waals surface area (Å²) < 4.78 is 46.7. The summed E-state index contributed by atoms with van der Waals surface area (Å²) in [7, 11) is 0. The highest BCUT2D eigenvalue weighted by Gasteiger charge is 2.34. The number of ether oxygens (including phenoxy) is 1. The van der Waals surface area contributed by atoms with Gasteiger partial charge in [-0.1, -0.05) is 103 Å². The summed E-state index contributed by atoms with van der Waals surface area (Å²) in [6.45, 7) is 7.38. The predicted molar refractivity (Wildman–Crippen MR) is 162 cm³/mol. The highest BCUT2D eigenvalue weighted by molar-refractivity contribution is 6.32. The minimum atomic E-state index is -4.55. The summed E-state index contributed by atoms with van der Waals surface area (Å²) in [5.41, 5.74) is 2.36. The molecule has 3 rings (SSSR count). The molecule has 0 aliphatic heterocycles. The molecule has 0 saturated carbocycles. The van der Waals surface area contributed by atoms with Crippen LogP contribution in [0.4, 0.5) is 13.2 Å². The minimum absolute atomic E-state index is 0.0288. The molecule has 0 heterocycles. The molecule has 42 heavy (non-hydrogen) atoms. The molecule has 0 spiro atoms. The normalized spacial score (nSPS) is 13.0. The fourth-order valence-corrected chi connectivity index (χ4v) is 4.95. The maximum absolute atomic E-state index is 13.6. The van der Waals surface area contributed by atoms with Gasteiger partial charge in [0.15, 0.2) is 0 Å². The van der Waals surface area contributed by atoms with Crippen molar-refractivity contribution in [1.82, 2.24) is 4.90 Å². The van der Waals surface area contributed by atoms with Gasteiger partial charge in [0.05, 0.1) is 23.6 Å². The van der Waals surface area contributed by atoms with E-state index in [9.17, 15) is 18.0 Å². The van der Waals surface area contributed by atoms with Gasteiger partial charge in [-0.15, -0.1) is 0 Å². The van der Waals surface area contributed by atoms with Crippen molar-refractivity contribution in [3.05, 3.63) is 137 Å². The Kier molecular flexibility index (Phi) is 12.5. The van der Waals surface area contributed by atoms with E-state index in [2.05, 4.69) is 11.5 Å². The average Bonchev–Trinajstić information content (AvgIpc) is 2.94. The Morgan fingerprint density at radius 1 is 1.07 bits per heavy atom. The number of rotatable bonds is 15. The van der Waals surface area contributed by atoms with Gasteiger partial charge in [0.2, 0.25) is 0 Å². The zero-order valence-corrected chi connectivity index (χ0v) is 24.2. The molecule has 0 aliphatic carbocycles. The second kappa shape index (κ2) is 16.0. The van der Waals surface area contributed by atoms with Crippen LogP contribution in [0, 0.1) is 0 Å². The van der Waals surface area contributed by atoms with Gasteiger partial charge in [-0.2, -0.15) is 13.2 Å². The van der Waals surface area contributed by atoms with Gasteiger partial charge < -0.3 is 9.84 Å². The second-order valence-corrected chi connectivity index (χ2v) is 10.3. The highest BCUT2D eigenvalue weighted by atomic mass is 35.5. The molecule has 3 aromatic rings. The van der Waals surface area contributed by atoms with Gasteiger partial charge in [-0.05, 0) is 48.2 Å². The van der Waals surface area contributed by atoms with Gasteiger partial charge in [-0.3, -0.25) is 9.69 Å². The fourth-order valence-electron chi connectivity index (χ4n) is 4.65. The van der Waals surface area contributed by atoms with Gasteiger partial charge >= 0.3 is 12.1 Å². The molecule has 4 nitrogen and oxygen atoms in total. The average molecular weight is 598 g/mol. The Hall–Kier alpha value is -3.81. The zero-order valence-electron chi connectivity index (χ0n) is 23.5. The first kappa shape index (κ1) is 32.7. The van der Waals surface area contributed by atoms with E-state index in [1.165, 1.54) is 6.07 Å². The number of carbonyl (C=O) groups is 1. The van der Waals surface area contributed by atoms with Gasteiger partial charge in [0, 0.05) is 25.6 Å². The summed E-state index contributed by atoms with van der Waals surface area (Å²) in [6, 6.07) is 20.9. The third-order valence-electron chi connectivity index (χ3n) is 6.72. The second-order valence-electron chi connectivity index (χ2n) is 9.93. The Morgan fingerprint density at radius 3 is 2.50 bits per heavy atom. The van der Waals surface area contributed by atoms with Crippen molar-refractivity contribution in [1.29, 1.82) is 0 Å². The van der Waals surface area contributed by atoms with Crippen LogP contribution in [0.3, 0.4) is 0 Å². The molecule has 3 aromatic carbocycles. The fraction of sp³-hybridized carbons (Fsp3) is 0.265. The Morgan fingerprint density at radius 2 is 1.81 bits per heavy atom. The van der Waals surface area contributed by atoms with Crippen LogP contribution in [0.1, 0.15) is 41.5 Å². The minimum Gasteiger partial charge on any atom is -0.494 e. The molecule has 0 fully saturated rings. The lowest BCUT2D eigenvalue weighted by atomic mass is 9.90. The summed E-state index contributed by atoms with van der Waals surface area (Å²) in [6.07, 6.45) is 3.40. The summed E-state index contributed by atoms with van der Waals surface area (Å²) in [5, 5.41) is 8.77. The molecular weight excluding hydrogens is 563 g/mol. The molecule has 222 valence electrons. The van der Waals surface area contributed by atoms with E-state index in [-0.39, 0.29) is 23.9 Å². The first-order chi connectivity index (χ1) is 20.1. The van der Waals surface area contributed by atoms with Crippen LogP contribution >= 0.6 is 11.6 Å². The molecule has 1 unspecified atom stereocenters. The van der Waals surface area contributed by atoms with Crippen molar-refractivity contribution in [2.45, 2.75) is 38.4 Å². The van der Waals surface area contributed by atoms with Crippen LogP contribution in [-0.4, -0.2) is 35.7 Å². The molecule has 1 N–H and O–H groups in total. The van der Waals surface area contributed by atoms with Crippen molar-refractivity contribution < 1.29 is 27.8 Å². The summed E-state index contributed by atoms with van der Waals surface area (Å²) in [5.74, 6) is -0.386. The van der Waals surface area contributed by atoms with Crippen molar-refractivity contribution in [3.63, 3.8) is 0 Å². The van der Waals surface area contributed by atoms with Gasteiger partial charge in [-0.25, -0.2) is 0 Å². The van der Waals surface area contributed by atoms with E-state index in [1.807, 2.05) is 55.5 Å². The SMILES string of the molecule is C=C/C=C\C=C(/C)C(CN(CCCOc1cccc(CC(=O)O)c1)Cc1cccc(C(F)(F)F)c1Cl)c1ccccc1. The van der Waals surface area contributed by atoms with Crippen molar-refractivity contribution >= 4 is 17.6 Å². The predicted octanol–water partition coefficient (Wildman–Crippen LogP) is 8.73. The topological polar surface area (TPSA) is 49.8 Å². The third kappa shape index (κ3) is 10.2. The van der Waals surface area contributed by atoms with E-state index in [4.69, 9.17) is 21.4 Å². The standard InChI is InChI=1S/C34H35ClF3NO3/c1-3-4-6-12-25(2)30(27-14-7-5-8-15-27)24-39(23-28-16-10-18-31(33(28)35)34(36,37)38)19-11-20-42-29-17-9-13-26(21-29)22-32(40)41/h3-10,12-18,21,30H,1,11,19-20,22-24H2,2H3,(H,40,41)/b6-4-,25-12+. The zero-order chi connectivity index (χ0) is 30.5. The lowest BCUT2D eigenvalue weighted by molar-refractivity contribution is -0.138. The van der Waals surface area contributed by atoms with Crippen molar-refractivity contribution in [2.75, 3.05) is 19.7 Å². The molecular formula is C34H35ClF3NO3. The maximum Gasteiger partial charge on any atom is 0.417 e. The smallest absolute Gasteiger partial charge is 0.417 e. The third-order valence-corrected chi connectivity index (χ3v) is 7.16. The Labute approximate surface area is 250 Å². The lowest BCUT2D eigenvalue weighted by Crippen LogP contribution is -2.31. The monoisotopic (exact) mass is 597 g/mol. The summed E-state index contributed by atoms with van der Waals surface area (Å²) >= 11 is 6.29. The number of carboxylic acids is 1. The Balaban J connectivity index is 1.84. The highest BCUT2D eigenvalue weighted by Crippen LogP contribution is 2.37. The summed E-state index contributed by atoms with van der Waals surface area (Å²) in [4.78, 5) is 13.1. The van der Waals surface area contributed by atoms with Crippen LogP contribution < -0.4 is 4.74 Å². The number of carboxylic acid groups (broad SMARTS) is 1. The van der Waals surface area contributed by atoms with Crippen LogP contribution in [0.15, 0.2) is 109 Å². The van der Waals surface area contributed by atoms with Gasteiger partial charge in [0.1, 0.15) is 5.75 Å². The maximum atomic E-state index is 13.6. The van der Waals surface area contributed by atoms with Crippen LogP contribution in [0.25, 0.3) is 0 Å². The van der Waals surface area contributed by atoms with E-state index >= 15 is 0 Å². The molecule has 1 atom stereocenters. The number of hydrogen-bond acceptors (Lipinski definition) is 3. The number of halogens is 4. The largest absolute Gasteiger partial charge is 0.494 e. The van der Waals surface area contributed by atoms with E-state index in [1.54, 1.807) is 36.4 Å².